The fourth-order valence-electron chi connectivity index (χ4n) is 1.68. The van der Waals surface area contributed by atoms with Gasteiger partial charge >= 0.3 is 0 Å². The lowest BCUT2D eigenvalue weighted by atomic mass is 10.2. The summed E-state index contributed by atoms with van der Waals surface area (Å²) >= 11 is 3.33. The van der Waals surface area contributed by atoms with Crippen LogP contribution in [0.25, 0.3) is 0 Å². The Hall–Kier alpha value is -1.69. The van der Waals surface area contributed by atoms with Gasteiger partial charge in [0.25, 0.3) is 0 Å². The molecule has 0 unspecified atom stereocenters. The van der Waals surface area contributed by atoms with E-state index >= 15 is 0 Å². The van der Waals surface area contributed by atoms with Crippen molar-refractivity contribution in [1.29, 1.82) is 0 Å². The van der Waals surface area contributed by atoms with Crippen molar-refractivity contribution in [2.75, 3.05) is 12.4 Å². The third kappa shape index (κ3) is 3.25. The van der Waals surface area contributed by atoms with Crippen LogP contribution >= 0.6 is 15.9 Å². The van der Waals surface area contributed by atoms with Gasteiger partial charge in [-0.3, -0.25) is 0 Å². The molecule has 0 fully saturated rings. The average Bonchev–Trinajstić information content (AvgIpc) is 2.41. The summed E-state index contributed by atoms with van der Waals surface area (Å²) in [5.74, 6) is -2.46. The summed E-state index contributed by atoms with van der Waals surface area (Å²) in [5.41, 5.74) is 0.748. The van der Waals surface area contributed by atoms with Gasteiger partial charge in [0.2, 0.25) is 0 Å². The maximum absolute atomic E-state index is 13.4. The molecule has 0 saturated heterocycles. The third-order valence-electron chi connectivity index (χ3n) is 2.71. The van der Waals surface area contributed by atoms with Crippen LogP contribution in [0.3, 0.4) is 0 Å². The molecular weight excluding hydrogens is 335 g/mol. The molecule has 0 aliphatic rings. The Balaban J connectivity index is 2.13. The zero-order chi connectivity index (χ0) is 14.7. The van der Waals surface area contributed by atoms with Gasteiger partial charge in [-0.25, -0.2) is 13.2 Å². The highest BCUT2D eigenvalue weighted by molar-refractivity contribution is 9.10. The highest BCUT2D eigenvalue weighted by atomic mass is 79.9. The van der Waals surface area contributed by atoms with Gasteiger partial charge in [-0.1, -0.05) is 6.07 Å². The number of methoxy groups -OCH3 is 1. The van der Waals surface area contributed by atoms with E-state index in [-0.39, 0.29) is 12.2 Å². The summed E-state index contributed by atoms with van der Waals surface area (Å²) in [6, 6.07) is 6.64. The molecule has 0 radical (unpaired) electrons. The van der Waals surface area contributed by atoms with Crippen molar-refractivity contribution in [2.24, 2.45) is 0 Å². The second-order valence-electron chi connectivity index (χ2n) is 4.07. The molecule has 1 N–H and O–H groups in total. The third-order valence-corrected chi connectivity index (χ3v) is 3.33. The first-order valence-electron chi connectivity index (χ1n) is 5.72. The predicted molar refractivity (Wildman–Crippen MR) is 74.3 cm³/mol. The zero-order valence-corrected chi connectivity index (χ0v) is 12.1. The lowest BCUT2D eigenvalue weighted by Crippen LogP contribution is -2.03. The molecule has 20 heavy (non-hydrogen) atoms. The molecule has 106 valence electrons. The lowest BCUT2D eigenvalue weighted by Gasteiger charge is -2.10. The minimum atomic E-state index is -1.21. The quantitative estimate of drug-likeness (QED) is 0.824. The van der Waals surface area contributed by atoms with Crippen LogP contribution in [0.5, 0.6) is 5.75 Å². The zero-order valence-electron chi connectivity index (χ0n) is 10.5. The topological polar surface area (TPSA) is 21.3 Å². The molecule has 2 nitrogen and oxygen atoms in total. The summed E-state index contributed by atoms with van der Waals surface area (Å²) in [6.07, 6.45) is 0. The van der Waals surface area contributed by atoms with Crippen molar-refractivity contribution in [2.45, 2.75) is 6.54 Å². The van der Waals surface area contributed by atoms with Crippen molar-refractivity contribution in [3.63, 3.8) is 0 Å². The second-order valence-corrected chi connectivity index (χ2v) is 4.92. The Morgan fingerprint density at radius 3 is 2.40 bits per heavy atom. The van der Waals surface area contributed by atoms with E-state index in [9.17, 15) is 13.2 Å². The van der Waals surface area contributed by atoms with Crippen molar-refractivity contribution in [3.05, 3.63) is 57.8 Å². The van der Waals surface area contributed by atoms with E-state index in [0.29, 0.717) is 11.8 Å². The van der Waals surface area contributed by atoms with Gasteiger partial charge in [-0.05, 0) is 33.6 Å². The van der Waals surface area contributed by atoms with E-state index in [1.165, 1.54) is 0 Å². The largest absolute Gasteiger partial charge is 0.496 e. The van der Waals surface area contributed by atoms with Gasteiger partial charge in [0, 0.05) is 18.7 Å². The predicted octanol–water partition coefficient (Wildman–Crippen LogP) is 4.49. The summed E-state index contributed by atoms with van der Waals surface area (Å²) in [5, 5.41) is 2.72. The number of nitrogens with one attached hydrogen (secondary N) is 1. The van der Waals surface area contributed by atoms with Crippen LogP contribution in [0.4, 0.5) is 18.9 Å². The molecule has 0 aromatic heterocycles. The number of benzene rings is 2. The summed E-state index contributed by atoms with van der Waals surface area (Å²) in [6.45, 7) is 0.268. The Kier molecular flexibility index (Phi) is 4.54. The fraction of sp³-hybridized carbons (Fsp3) is 0.143. The molecule has 0 aliphatic heterocycles. The van der Waals surface area contributed by atoms with Crippen LogP contribution < -0.4 is 10.1 Å². The summed E-state index contributed by atoms with van der Waals surface area (Å²) < 4.78 is 45.1. The van der Waals surface area contributed by atoms with Crippen molar-refractivity contribution >= 4 is 21.6 Å². The van der Waals surface area contributed by atoms with E-state index in [0.717, 1.165) is 16.1 Å². The van der Waals surface area contributed by atoms with Gasteiger partial charge in [0.1, 0.15) is 11.6 Å². The van der Waals surface area contributed by atoms with Gasteiger partial charge in [-0.15, -0.1) is 0 Å². The number of ether oxygens (including phenoxy) is 1. The van der Waals surface area contributed by atoms with Crippen molar-refractivity contribution < 1.29 is 17.9 Å². The normalized spacial score (nSPS) is 10.4. The fourth-order valence-corrected chi connectivity index (χ4v) is 2.26. The van der Waals surface area contributed by atoms with Gasteiger partial charge < -0.3 is 10.1 Å². The summed E-state index contributed by atoms with van der Waals surface area (Å²) in [4.78, 5) is 0. The molecule has 2 aromatic carbocycles. The number of hydrogen-bond acceptors (Lipinski definition) is 2. The van der Waals surface area contributed by atoms with Gasteiger partial charge in [-0.2, -0.15) is 0 Å². The number of halogens is 4. The SMILES string of the molecule is COc1ccc(CNc2cc(F)c(F)cc2F)cc1Br. The molecule has 0 spiro atoms. The van der Waals surface area contributed by atoms with Gasteiger partial charge in [0.15, 0.2) is 11.6 Å². The van der Waals surface area contributed by atoms with E-state index in [1.54, 1.807) is 25.3 Å². The van der Waals surface area contributed by atoms with E-state index in [4.69, 9.17) is 4.74 Å². The standard InChI is InChI=1S/C14H11BrF3NO/c1-20-14-3-2-8(4-9(14)15)7-19-13-6-11(17)10(16)5-12(13)18/h2-6,19H,7H2,1H3. The highest BCUT2D eigenvalue weighted by Gasteiger charge is 2.09. The Morgan fingerprint density at radius 1 is 1.05 bits per heavy atom. The van der Waals surface area contributed by atoms with E-state index in [2.05, 4.69) is 21.2 Å². The average molecular weight is 346 g/mol. The minimum Gasteiger partial charge on any atom is -0.496 e. The lowest BCUT2D eigenvalue weighted by molar-refractivity contribution is 0.412. The van der Waals surface area contributed by atoms with E-state index in [1.807, 2.05) is 0 Å². The molecule has 6 heteroatoms. The summed E-state index contributed by atoms with van der Waals surface area (Å²) in [7, 11) is 1.55. The van der Waals surface area contributed by atoms with Crippen LogP contribution in [0.2, 0.25) is 0 Å². The Morgan fingerprint density at radius 2 is 1.75 bits per heavy atom. The second kappa shape index (κ2) is 6.17. The molecule has 0 heterocycles. The van der Waals surface area contributed by atoms with Crippen LogP contribution in [0.1, 0.15) is 5.56 Å². The highest BCUT2D eigenvalue weighted by Crippen LogP contribution is 2.26. The smallest absolute Gasteiger partial charge is 0.161 e. The Bertz CT molecular complexity index is 634. The number of hydrogen-bond donors (Lipinski definition) is 1. The first-order chi connectivity index (χ1) is 9.51. The minimum absolute atomic E-state index is 0.0872. The number of anilines is 1. The molecule has 0 atom stereocenters. The monoisotopic (exact) mass is 345 g/mol. The Labute approximate surface area is 122 Å². The molecule has 0 amide bonds. The van der Waals surface area contributed by atoms with Crippen LogP contribution in [-0.4, -0.2) is 7.11 Å². The number of rotatable bonds is 4. The molecule has 2 aromatic rings. The van der Waals surface area contributed by atoms with Gasteiger partial charge in [0.05, 0.1) is 17.3 Å². The van der Waals surface area contributed by atoms with Crippen molar-refractivity contribution in [3.8, 4) is 5.75 Å². The van der Waals surface area contributed by atoms with Crippen LogP contribution in [-0.2, 0) is 6.54 Å². The first kappa shape index (κ1) is 14.7. The molecular formula is C14H11BrF3NO. The molecule has 0 bridgehead atoms. The maximum Gasteiger partial charge on any atom is 0.161 e. The van der Waals surface area contributed by atoms with Crippen molar-refractivity contribution in [1.82, 2.24) is 0 Å². The van der Waals surface area contributed by atoms with E-state index < -0.39 is 17.5 Å². The molecule has 0 aliphatic carbocycles. The van der Waals surface area contributed by atoms with Crippen LogP contribution in [0.15, 0.2) is 34.8 Å². The maximum atomic E-state index is 13.4. The van der Waals surface area contributed by atoms with Crippen LogP contribution in [0, 0.1) is 17.5 Å². The first-order valence-corrected chi connectivity index (χ1v) is 6.51. The molecule has 0 saturated carbocycles. The molecule has 2 rings (SSSR count).